The van der Waals surface area contributed by atoms with E-state index in [1.807, 2.05) is 6.07 Å². The van der Waals surface area contributed by atoms with E-state index >= 15 is 0 Å². The van der Waals surface area contributed by atoms with Crippen molar-refractivity contribution >= 4 is 27.3 Å². The SMILES string of the molecule is COCCN(CC(C)C)c1ccc([N+](=O)[O-])cc1CBr. The van der Waals surface area contributed by atoms with Crippen molar-refractivity contribution in [2.24, 2.45) is 5.92 Å². The number of nitro groups is 1. The molecule has 0 aliphatic rings. The number of nitrogens with zero attached hydrogens (tertiary/aromatic N) is 2. The molecule has 0 bridgehead atoms. The lowest BCUT2D eigenvalue weighted by atomic mass is 10.1. The Labute approximate surface area is 128 Å². The summed E-state index contributed by atoms with van der Waals surface area (Å²) in [6, 6.07) is 5.01. The fourth-order valence-electron chi connectivity index (χ4n) is 2.05. The van der Waals surface area contributed by atoms with Gasteiger partial charge in [-0.05, 0) is 17.5 Å². The number of non-ortho nitro benzene ring substituents is 1. The average molecular weight is 345 g/mol. The summed E-state index contributed by atoms with van der Waals surface area (Å²) in [5.74, 6) is 0.505. The summed E-state index contributed by atoms with van der Waals surface area (Å²) in [6.45, 7) is 6.59. The summed E-state index contributed by atoms with van der Waals surface area (Å²) in [6.07, 6.45) is 0. The second-order valence-corrected chi connectivity index (χ2v) is 5.60. The van der Waals surface area contributed by atoms with E-state index in [2.05, 4.69) is 34.7 Å². The number of nitro benzene ring substituents is 1. The van der Waals surface area contributed by atoms with Gasteiger partial charge >= 0.3 is 0 Å². The van der Waals surface area contributed by atoms with Crippen LogP contribution in [0.25, 0.3) is 0 Å². The first-order valence-corrected chi connectivity index (χ1v) is 7.69. The third kappa shape index (κ3) is 4.76. The van der Waals surface area contributed by atoms with Crippen molar-refractivity contribution in [1.82, 2.24) is 0 Å². The molecule has 0 aromatic heterocycles. The summed E-state index contributed by atoms with van der Waals surface area (Å²) in [5.41, 5.74) is 2.08. The Kier molecular flexibility index (Phi) is 6.95. The molecule has 0 spiro atoms. The van der Waals surface area contributed by atoms with Gasteiger partial charge in [-0.2, -0.15) is 0 Å². The van der Waals surface area contributed by atoms with E-state index in [1.54, 1.807) is 19.2 Å². The normalized spacial score (nSPS) is 10.8. The summed E-state index contributed by atoms with van der Waals surface area (Å²) < 4.78 is 5.15. The highest BCUT2D eigenvalue weighted by molar-refractivity contribution is 9.08. The van der Waals surface area contributed by atoms with Crippen molar-refractivity contribution in [1.29, 1.82) is 0 Å². The summed E-state index contributed by atoms with van der Waals surface area (Å²) in [4.78, 5) is 12.7. The Bertz CT molecular complexity index is 452. The van der Waals surface area contributed by atoms with Crippen LogP contribution in [0.1, 0.15) is 19.4 Å². The third-order valence-corrected chi connectivity index (χ3v) is 3.51. The number of benzene rings is 1. The van der Waals surface area contributed by atoms with Gasteiger partial charge in [-0.3, -0.25) is 10.1 Å². The number of rotatable bonds is 8. The lowest BCUT2D eigenvalue weighted by Gasteiger charge is -2.28. The highest BCUT2D eigenvalue weighted by Crippen LogP contribution is 2.28. The van der Waals surface area contributed by atoms with Gasteiger partial charge in [0, 0.05) is 43.3 Å². The maximum Gasteiger partial charge on any atom is 0.269 e. The molecule has 6 heteroatoms. The number of anilines is 1. The Morgan fingerprint density at radius 2 is 2.15 bits per heavy atom. The second-order valence-electron chi connectivity index (χ2n) is 5.04. The Morgan fingerprint density at radius 3 is 2.65 bits per heavy atom. The smallest absolute Gasteiger partial charge is 0.269 e. The first-order valence-electron chi connectivity index (χ1n) is 6.56. The van der Waals surface area contributed by atoms with Crippen molar-refractivity contribution < 1.29 is 9.66 Å². The third-order valence-electron chi connectivity index (χ3n) is 2.91. The maximum atomic E-state index is 10.9. The van der Waals surface area contributed by atoms with Crippen molar-refractivity contribution in [3.63, 3.8) is 0 Å². The van der Waals surface area contributed by atoms with Crippen LogP contribution in [-0.4, -0.2) is 31.7 Å². The molecule has 5 nitrogen and oxygen atoms in total. The number of ether oxygens (including phenoxy) is 1. The first kappa shape index (κ1) is 16.9. The summed E-state index contributed by atoms with van der Waals surface area (Å²) in [7, 11) is 1.68. The zero-order chi connectivity index (χ0) is 15.1. The van der Waals surface area contributed by atoms with Gasteiger partial charge in [-0.15, -0.1) is 0 Å². The lowest BCUT2D eigenvalue weighted by Crippen LogP contribution is -2.31. The Hall–Kier alpha value is -1.14. The number of hydrogen-bond donors (Lipinski definition) is 0. The Balaban J connectivity index is 3.07. The van der Waals surface area contributed by atoms with Crippen molar-refractivity contribution in [2.45, 2.75) is 19.2 Å². The molecular weight excluding hydrogens is 324 g/mol. The molecule has 0 aliphatic heterocycles. The molecule has 0 saturated heterocycles. The van der Waals surface area contributed by atoms with E-state index in [1.165, 1.54) is 0 Å². The van der Waals surface area contributed by atoms with Crippen LogP contribution in [0, 0.1) is 16.0 Å². The number of halogens is 1. The van der Waals surface area contributed by atoms with E-state index in [4.69, 9.17) is 4.74 Å². The van der Waals surface area contributed by atoms with Crippen LogP contribution < -0.4 is 4.90 Å². The van der Waals surface area contributed by atoms with E-state index in [0.29, 0.717) is 17.9 Å². The fourth-order valence-corrected chi connectivity index (χ4v) is 2.50. The largest absolute Gasteiger partial charge is 0.383 e. The summed E-state index contributed by atoms with van der Waals surface area (Å²) in [5, 5.41) is 11.4. The van der Waals surface area contributed by atoms with Crippen LogP contribution in [0.15, 0.2) is 18.2 Å². The van der Waals surface area contributed by atoms with Crippen molar-refractivity contribution in [3.05, 3.63) is 33.9 Å². The quantitative estimate of drug-likeness (QED) is 0.410. The molecule has 0 saturated carbocycles. The molecule has 1 aromatic carbocycles. The lowest BCUT2D eigenvalue weighted by molar-refractivity contribution is -0.384. The molecule has 0 unspecified atom stereocenters. The van der Waals surface area contributed by atoms with Crippen LogP contribution in [-0.2, 0) is 10.1 Å². The minimum absolute atomic E-state index is 0.124. The van der Waals surface area contributed by atoms with Crippen LogP contribution in [0.4, 0.5) is 11.4 Å². The monoisotopic (exact) mass is 344 g/mol. The van der Waals surface area contributed by atoms with Gasteiger partial charge in [0.25, 0.3) is 5.69 Å². The minimum atomic E-state index is -0.363. The second kappa shape index (κ2) is 8.21. The van der Waals surface area contributed by atoms with Crippen LogP contribution in [0.5, 0.6) is 0 Å². The molecule has 0 radical (unpaired) electrons. The zero-order valence-corrected chi connectivity index (χ0v) is 13.7. The number of alkyl halides is 1. The van der Waals surface area contributed by atoms with E-state index < -0.39 is 0 Å². The standard InChI is InChI=1S/C14H21BrN2O3/c1-11(2)10-16(6-7-20-3)14-5-4-13(17(18)19)8-12(14)9-15/h4-5,8,11H,6-7,9-10H2,1-3H3. The maximum absolute atomic E-state index is 10.9. The van der Waals surface area contributed by atoms with E-state index in [0.717, 1.165) is 24.3 Å². The fraction of sp³-hybridized carbons (Fsp3) is 0.571. The highest BCUT2D eigenvalue weighted by atomic mass is 79.9. The zero-order valence-electron chi connectivity index (χ0n) is 12.1. The first-order chi connectivity index (χ1) is 9.49. The number of hydrogen-bond acceptors (Lipinski definition) is 4. The molecule has 20 heavy (non-hydrogen) atoms. The van der Waals surface area contributed by atoms with Crippen molar-refractivity contribution in [3.8, 4) is 0 Å². The predicted octanol–water partition coefficient (Wildman–Crippen LogP) is 3.60. The van der Waals surface area contributed by atoms with Gasteiger partial charge in [0.05, 0.1) is 11.5 Å². The molecule has 1 aromatic rings. The van der Waals surface area contributed by atoms with Gasteiger partial charge in [-0.1, -0.05) is 29.8 Å². The molecule has 0 N–H and O–H groups in total. The van der Waals surface area contributed by atoms with Crippen LogP contribution in [0.2, 0.25) is 0 Å². The van der Waals surface area contributed by atoms with Gasteiger partial charge < -0.3 is 9.64 Å². The van der Waals surface area contributed by atoms with Crippen LogP contribution >= 0.6 is 15.9 Å². The van der Waals surface area contributed by atoms with E-state index in [-0.39, 0.29) is 10.6 Å². The van der Waals surface area contributed by atoms with Gasteiger partial charge in [0.2, 0.25) is 0 Å². The molecule has 0 heterocycles. The topological polar surface area (TPSA) is 55.6 Å². The highest BCUT2D eigenvalue weighted by Gasteiger charge is 2.16. The number of methoxy groups -OCH3 is 1. The van der Waals surface area contributed by atoms with Crippen LogP contribution in [0.3, 0.4) is 0 Å². The molecule has 1 rings (SSSR count). The van der Waals surface area contributed by atoms with Crippen molar-refractivity contribution in [2.75, 3.05) is 31.7 Å². The average Bonchev–Trinajstić information content (AvgIpc) is 2.42. The predicted molar refractivity (Wildman–Crippen MR) is 84.7 cm³/mol. The summed E-state index contributed by atoms with van der Waals surface area (Å²) >= 11 is 3.41. The Morgan fingerprint density at radius 1 is 1.45 bits per heavy atom. The van der Waals surface area contributed by atoms with Gasteiger partial charge in [0.15, 0.2) is 0 Å². The van der Waals surface area contributed by atoms with E-state index in [9.17, 15) is 10.1 Å². The molecule has 0 amide bonds. The molecule has 0 atom stereocenters. The van der Waals surface area contributed by atoms with Gasteiger partial charge in [0.1, 0.15) is 0 Å². The molecule has 112 valence electrons. The van der Waals surface area contributed by atoms with Gasteiger partial charge in [-0.25, -0.2) is 0 Å². The molecular formula is C14H21BrN2O3. The minimum Gasteiger partial charge on any atom is -0.383 e. The molecule has 0 aliphatic carbocycles. The molecule has 0 fully saturated rings.